The van der Waals surface area contributed by atoms with Gasteiger partial charge in [-0.2, -0.15) is 0 Å². The van der Waals surface area contributed by atoms with Crippen molar-refractivity contribution in [2.75, 3.05) is 18.5 Å². The van der Waals surface area contributed by atoms with Gasteiger partial charge in [0.1, 0.15) is 12.4 Å². The molecule has 0 aliphatic heterocycles. The normalized spacial score (nSPS) is 10.4. The minimum Gasteiger partial charge on any atom is -0.492 e. The van der Waals surface area contributed by atoms with Crippen molar-refractivity contribution in [3.8, 4) is 5.75 Å². The van der Waals surface area contributed by atoms with Gasteiger partial charge in [0.2, 0.25) is 0 Å². The Bertz CT molecular complexity index is 843. The third-order valence-corrected chi connectivity index (χ3v) is 3.53. The number of urea groups is 1. The second kappa shape index (κ2) is 7.46. The first-order valence-electron chi connectivity index (χ1n) is 7.80. The predicted octanol–water partition coefficient (Wildman–Crippen LogP) is 3.74. The fourth-order valence-electron chi connectivity index (χ4n) is 2.41. The van der Waals surface area contributed by atoms with Crippen LogP contribution in [0, 0.1) is 6.92 Å². The summed E-state index contributed by atoms with van der Waals surface area (Å²) in [6.07, 6.45) is 1.71. The number of ether oxygens (including phenoxy) is 1. The van der Waals surface area contributed by atoms with Crippen molar-refractivity contribution >= 4 is 22.6 Å². The van der Waals surface area contributed by atoms with E-state index in [-0.39, 0.29) is 6.03 Å². The van der Waals surface area contributed by atoms with Crippen LogP contribution in [0.15, 0.2) is 60.8 Å². The summed E-state index contributed by atoms with van der Waals surface area (Å²) in [6.45, 7) is 2.83. The number of anilines is 1. The molecule has 0 atom stereocenters. The van der Waals surface area contributed by atoms with E-state index in [1.165, 1.54) is 0 Å². The summed E-state index contributed by atoms with van der Waals surface area (Å²) in [7, 11) is 0. The van der Waals surface area contributed by atoms with E-state index in [0.29, 0.717) is 18.8 Å². The van der Waals surface area contributed by atoms with Crippen molar-refractivity contribution in [2.24, 2.45) is 0 Å². The van der Waals surface area contributed by atoms with Crippen LogP contribution in [0.2, 0.25) is 0 Å². The number of pyridine rings is 1. The van der Waals surface area contributed by atoms with E-state index in [1.807, 2.05) is 61.5 Å². The maximum absolute atomic E-state index is 12.0. The summed E-state index contributed by atoms with van der Waals surface area (Å²) in [5, 5.41) is 6.59. The van der Waals surface area contributed by atoms with Crippen LogP contribution < -0.4 is 15.4 Å². The van der Waals surface area contributed by atoms with Gasteiger partial charge in [0, 0.05) is 11.6 Å². The molecular formula is C19H19N3O2. The minimum absolute atomic E-state index is 0.277. The summed E-state index contributed by atoms with van der Waals surface area (Å²) in [4.78, 5) is 16.3. The molecule has 0 spiro atoms. The van der Waals surface area contributed by atoms with E-state index in [0.717, 1.165) is 22.2 Å². The van der Waals surface area contributed by atoms with E-state index < -0.39 is 0 Å². The van der Waals surface area contributed by atoms with Crippen molar-refractivity contribution < 1.29 is 9.53 Å². The molecule has 0 radical (unpaired) electrons. The predicted molar refractivity (Wildman–Crippen MR) is 95.4 cm³/mol. The topological polar surface area (TPSA) is 63.2 Å². The molecular weight excluding hydrogens is 302 g/mol. The number of fused-ring (bicyclic) bond motifs is 1. The molecule has 5 nitrogen and oxygen atoms in total. The van der Waals surface area contributed by atoms with Crippen molar-refractivity contribution in [1.82, 2.24) is 10.3 Å². The zero-order chi connectivity index (χ0) is 16.8. The Morgan fingerprint density at radius 1 is 1.12 bits per heavy atom. The number of hydrogen-bond acceptors (Lipinski definition) is 3. The highest BCUT2D eigenvalue weighted by Crippen LogP contribution is 2.20. The fourth-order valence-corrected chi connectivity index (χ4v) is 2.41. The lowest BCUT2D eigenvalue weighted by Gasteiger charge is -2.10. The lowest BCUT2D eigenvalue weighted by Crippen LogP contribution is -2.32. The first-order valence-corrected chi connectivity index (χ1v) is 7.80. The van der Waals surface area contributed by atoms with Gasteiger partial charge < -0.3 is 15.4 Å². The number of carbonyl (C=O) groups excluding carboxylic acids is 1. The van der Waals surface area contributed by atoms with Crippen LogP contribution in [-0.4, -0.2) is 24.2 Å². The Labute approximate surface area is 140 Å². The molecule has 5 heteroatoms. The third-order valence-electron chi connectivity index (χ3n) is 3.53. The zero-order valence-corrected chi connectivity index (χ0v) is 13.5. The first-order chi connectivity index (χ1) is 11.7. The molecule has 0 fully saturated rings. The Morgan fingerprint density at radius 3 is 2.83 bits per heavy atom. The van der Waals surface area contributed by atoms with Crippen LogP contribution >= 0.6 is 0 Å². The van der Waals surface area contributed by atoms with Crippen molar-refractivity contribution in [2.45, 2.75) is 6.92 Å². The number of aryl methyl sites for hydroxylation is 1. The maximum atomic E-state index is 12.0. The van der Waals surface area contributed by atoms with E-state index in [9.17, 15) is 4.79 Å². The van der Waals surface area contributed by atoms with E-state index in [2.05, 4.69) is 15.6 Å². The lowest BCUT2D eigenvalue weighted by molar-refractivity contribution is 0.247. The van der Waals surface area contributed by atoms with Gasteiger partial charge in [-0.1, -0.05) is 30.3 Å². The number of benzene rings is 2. The molecule has 3 aromatic rings. The zero-order valence-electron chi connectivity index (χ0n) is 13.5. The number of para-hydroxylation sites is 1. The van der Waals surface area contributed by atoms with E-state index in [4.69, 9.17) is 4.74 Å². The van der Waals surface area contributed by atoms with Gasteiger partial charge in [-0.3, -0.25) is 4.98 Å². The molecule has 1 aromatic heterocycles. The number of nitrogens with zero attached hydrogens (tertiary/aromatic N) is 1. The standard InChI is InChI=1S/C19H19N3O2/c1-14-5-2-8-16(13-14)24-12-11-21-19(23)22-17-9-3-6-15-7-4-10-20-18(15)17/h2-10,13H,11-12H2,1H3,(H2,21,22,23). The highest BCUT2D eigenvalue weighted by Gasteiger charge is 2.05. The molecule has 0 aliphatic rings. The summed E-state index contributed by atoms with van der Waals surface area (Å²) in [5.74, 6) is 0.801. The molecule has 0 saturated heterocycles. The Hall–Kier alpha value is -3.08. The van der Waals surface area contributed by atoms with Gasteiger partial charge in [-0.15, -0.1) is 0 Å². The summed E-state index contributed by atoms with van der Waals surface area (Å²) < 4.78 is 5.60. The van der Waals surface area contributed by atoms with Crippen LogP contribution in [-0.2, 0) is 0 Å². The SMILES string of the molecule is Cc1cccc(OCCNC(=O)Nc2cccc3cccnc23)c1. The van der Waals surface area contributed by atoms with Crippen molar-refractivity contribution in [3.63, 3.8) is 0 Å². The quantitative estimate of drug-likeness (QED) is 0.704. The number of rotatable bonds is 5. The van der Waals surface area contributed by atoms with Gasteiger partial charge in [-0.05, 0) is 36.8 Å². The summed E-state index contributed by atoms with van der Waals surface area (Å²) in [6, 6.07) is 17.0. The molecule has 1 heterocycles. The van der Waals surface area contributed by atoms with Crippen LogP contribution in [0.1, 0.15) is 5.56 Å². The Balaban J connectivity index is 1.50. The maximum Gasteiger partial charge on any atom is 0.319 e. The average Bonchev–Trinajstić information content (AvgIpc) is 2.59. The second-order valence-corrected chi connectivity index (χ2v) is 5.43. The molecule has 0 aliphatic carbocycles. The van der Waals surface area contributed by atoms with Crippen molar-refractivity contribution in [3.05, 3.63) is 66.4 Å². The summed E-state index contributed by atoms with van der Waals surface area (Å²) in [5.41, 5.74) is 2.60. The van der Waals surface area contributed by atoms with Gasteiger partial charge >= 0.3 is 6.03 Å². The second-order valence-electron chi connectivity index (χ2n) is 5.43. The van der Waals surface area contributed by atoms with Gasteiger partial charge in [0.15, 0.2) is 0 Å². The molecule has 3 rings (SSSR count). The molecule has 2 amide bonds. The summed E-state index contributed by atoms with van der Waals surface area (Å²) >= 11 is 0. The number of carbonyl (C=O) groups is 1. The third kappa shape index (κ3) is 4.01. The molecule has 24 heavy (non-hydrogen) atoms. The largest absolute Gasteiger partial charge is 0.492 e. The van der Waals surface area contributed by atoms with E-state index in [1.54, 1.807) is 6.20 Å². The fraction of sp³-hybridized carbons (Fsp3) is 0.158. The van der Waals surface area contributed by atoms with Gasteiger partial charge in [0.25, 0.3) is 0 Å². The molecule has 2 N–H and O–H groups in total. The Kier molecular flexibility index (Phi) is 4.91. The Morgan fingerprint density at radius 2 is 1.96 bits per heavy atom. The van der Waals surface area contributed by atoms with E-state index >= 15 is 0 Å². The first kappa shape index (κ1) is 15.8. The number of amides is 2. The molecule has 2 aromatic carbocycles. The highest BCUT2D eigenvalue weighted by atomic mass is 16.5. The lowest BCUT2D eigenvalue weighted by atomic mass is 10.2. The number of aromatic nitrogens is 1. The molecule has 122 valence electrons. The number of nitrogens with one attached hydrogen (secondary N) is 2. The van der Waals surface area contributed by atoms with Gasteiger partial charge in [0.05, 0.1) is 17.7 Å². The minimum atomic E-state index is -0.277. The highest BCUT2D eigenvalue weighted by molar-refractivity contribution is 5.99. The molecule has 0 saturated carbocycles. The monoisotopic (exact) mass is 321 g/mol. The molecule has 0 unspecified atom stereocenters. The van der Waals surface area contributed by atoms with Crippen LogP contribution in [0.25, 0.3) is 10.9 Å². The van der Waals surface area contributed by atoms with Crippen molar-refractivity contribution in [1.29, 1.82) is 0 Å². The average molecular weight is 321 g/mol. The smallest absolute Gasteiger partial charge is 0.319 e. The van der Waals surface area contributed by atoms with Gasteiger partial charge in [-0.25, -0.2) is 4.79 Å². The van der Waals surface area contributed by atoms with Crippen LogP contribution in [0.5, 0.6) is 5.75 Å². The molecule has 0 bridgehead atoms. The number of hydrogen-bond donors (Lipinski definition) is 2. The van der Waals surface area contributed by atoms with Crippen LogP contribution in [0.3, 0.4) is 0 Å². The van der Waals surface area contributed by atoms with Crippen LogP contribution in [0.4, 0.5) is 10.5 Å².